The van der Waals surface area contributed by atoms with Crippen LogP contribution in [-0.4, -0.2) is 43.2 Å². The van der Waals surface area contributed by atoms with E-state index in [-0.39, 0.29) is 5.37 Å². The number of carboxylic acid groups (broad SMARTS) is 1. The normalized spacial score (nSPS) is 18.9. The quantitative estimate of drug-likeness (QED) is 0.589. The number of carbonyl (C=O) groups is 1. The molecule has 1 aliphatic heterocycles. The summed E-state index contributed by atoms with van der Waals surface area (Å²) in [5.74, 6) is 1.72. The third kappa shape index (κ3) is 5.09. The highest BCUT2D eigenvalue weighted by Gasteiger charge is 2.32. The first-order valence-corrected chi connectivity index (χ1v) is 10.2. The largest absolute Gasteiger partial charge is 0.493 e. The summed E-state index contributed by atoms with van der Waals surface area (Å²) in [4.78, 5) is 11.2. The molecule has 1 aliphatic rings. The molecule has 1 saturated heterocycles. The summed E-state index contributed by atoms with van der Waals surface area (Å²) in [6.07, 6.45) is 0. The van der Waals surface area contributed by atoms with Gasteiger partial charge in [0, 0.05) is 15.8 Å². The first-order chi connectivity index (χ1) is 13.1. The Morgan fingerprint density at radius 3 is 2.56 bits per heavy atom. The van der Waals surface area contributed by atoms with Gasteiger partial charge in [0.25, 0.3) is 0 Å². The van der Waals surface area contributed by atoms with Crippen LogP contribution in [0.2, 0.25) is 0 Å². The lowest BCUT2D eigenvalue weighted by Crippen LogP contribution is -2.33. The molecular formula is C19H20BrNO5S. The van der Waals surface area contributed by atoms with Crippen LogP contribution in [0, 0.1) is 0 Å². The number of rotatable bonds is 8. The van der Waals surface area contributed by atoms with E-state index in [0.717, 1.165) is 10.0 Å². The number of hydrogen-bond acceptors (Lipinski definition) is 6. The minimum absolute atomic E-state index is 0.131. The summed E-state index contributed by atoms with van der Waals surface area (Å²) in [7, 11) is 1.60. The van der Waals surface area contributed by atoms with Crippen LogP contribution in [0.25, 0.3) is 0 Å². The molecule has 0 saturated carbocycles. The number of thioether (sulfide) groups is 1. The highest BCUT2D eigenvalue weighted by Crippen LogP contribution is 2.39. The fraction of sp³-hybridized carbons (Fsp3) is 0.316. The monoisotopic (exact) mass is 453 g/mol. The molecule has 1 heterocycles. The Balaban J connectivity index is 1.61. The van der Waals surface area contributed by atoms with Gasteiger partial charge in [-0.05, 0) is 30.3 Å². The van der Waals surface area contributed by atoms with Gasteiger partial charge in [0.05, 0.1) is 12.5 Å². The van der Waals surface area contributed by atoms with Crippen molar-refractivity contribution in [2.24, 2.45) is 0 Å². The van der Waals surface area contributed by atoms with Crippen LogP contribution in [0.1, 0.15) is 10.9 Å². The van der Waals surface area contributed by atoms with Gasteiger partial charge in [-0.3, -0.25) is 10.1 Å². The molecule has 2 unspecified atom stereocenters. The molecule has 2 aromatic carbocycles. The van der Waals surface area contributed by atoms with E-state index < -0.39 is 12.0 Å². The van der Waals surface area contributed by atoms with Crippen molar-refractivity contribution < 1.29 is 24.1 Å². The zero-order valence-corrected chi connectivity index (χ0v) is 17.1. The van der Waals surface area contributed by atoms with Gasteiger partial charge in [-0.2, -0.15) is 0 Å². The number of hydrogen-bond donors (Lipinski definition) is 2. The predicted molar refractivity (Wildman–Crippen MR) is 108 cm³/mol. The molecule has 0 spiro atoms. The van der Waals surface area contributed by atoms with Gasteiger partial charge in [-0.25, -0.2) is 0 Å². The van der Waals surface area contributed by atoms with Gasteiger partial charge >= 0.3 is 5.97 Å². The molecule has 8 heteroatoms. The maximum absolute atomic E-state index is 11.2. The Morgan fingerprint density at radius 1 is 1.19 bits per heavy atom. The Morgan fingerprint density at radius 2 is 1.89 bits per heavy atom. The van der Waals surface area contributed by atoms with Gasteiger partial charge in [-0.1, -0.05) is 28.1 Å². The van der Waals surface area contributed by atoms with E-state index in [9.17, 15) is 9.90 Å². The zero-order valence-electron chi connectivity index (χ0n) is 14.7. The molecule has 0 aliphatic carbocycles. The SMILES string of the molecule is COc1ccccc1OCCOc1ccc(Br)cc1C1NC(C(=O)O)CS1. The van der Waals surface area contributed by atoms with Crippen LogP contribution in [0.3, 0.4) is 0 Å². The Kier molecular flexibility index (Phi) is 6.87. The molecule has 27 heavy (non-hydrogen) atoms. The minimum atomic E-state index is -0.840. The lowest BCUT2D eigenvalue weighted by Gasteiger charge is -2.17. The van der Waals surface area contributed by atoms with Crippen molar-refractivity contribution >= 4 is 33.7 Å². The highest BCUT2D eigenvalue weighted by molar-refractivity contribution is 9.10. The van der Waals surface area contributed by atoms with E-state index in [1.807, 2.05) is 42.5 Å². The average Bonchev–Trinajstić information content (AvgIpc) is 3.17. The first kappa shape index (κ1) is 19.9. The molecule has 2 atom stereocenters. The van der Waals surface area contributed by atoms with E-state index in [2.05, 4.69) is 21.2 Å². The van der Waals surface area contributed by atoms with Gasteiger partial charge in [0.15, 0.2) is 11.5 Å². The van der Waals surface area contributed by atoms with Crippen molar-refractivity contribution in [3.63, 3.8) is 0 Å². The second-order valence-corrected chi connectivity index (χ2v) is 7.85. The van der Waals surface area contributed by atoms with Crippen molar-refractivity contribution in [3.05, 3.63) is 52.5 Å². The number of ether oxygens (including phenoxy) is 3. The predicted octanol–water partition coefficient (Wildman–Crippen LogP) is 3.70. The van der Waals surface area contributed by atoms with Gasteiger partial charge < -0.3 is 19.3 Å². The van der Waals surface area contributed by atoms with Crippen molar-refractivity contribution in [1.82, 2.24) is 5.32 Å². The average molecular weight is 454 g/mol. The van der Waals surface area contributed by atoms with Crippen molar-refractivity contribution in [2.75, 3.05) is 26.1 Å². The summed E-state index contributed by atoms with van der Waals surface area (Å²) < 4.78 is 17.8. The number of carboxylic acids is 1. The number of aliphatic carboxylic acids is 1. The van der Waals surface area contributed by atoms with Crippen LogP contribution in [-0.2, 0) is 4.79 Å². The summed E-state index contributed by atoms with van der Waals surface area (Å²) in [6, 6.07) is 12.6. The molecule has 2 N–H and O–H groups in total. The topological polar surface area (TPSA) is 77.0 Å². The molecule has 0 aromatic heterocycles. The highest BCUT2D eigenvalue weighted by atomic mass is 79.9. The van der Waals surface area contributed by atoms with Gasteiger partial charge in [0.2, 0.25) is 0 Å². The summed E-state index contributed by atoms with van der Waals surface area (Å²) in [5, 5.41) is 12.2. The maximum Gasteiger partial charge on any atom is 0.321 e. The third-order valence-corrected chi connectivity index (χ3v) is 5.74. The van der Waals surface area contributed by atoms with Crippen molar-refractivity contribution in [2.45, 2.75) is 11.4 Å². The number of methoxy groups -OCH3 is 1. The second kappa shape index (κ2) is 9.34. The van der Waals surface area contributed by atoms with E-state index in [0.29, 0.717) is 36.2 Å². The maximum atomic E-state index is 11.2. The van der Waals surface area contributed by atoms with E-state index >= 15 is 0 Å². The first-order valence-electron chi connectivity index (χ1n) is 8.37. The Labute approximate surface area is 170 Å². The number of nitrogens with one attached hydrogen (secondary N) is 1. The fourth-order valence-corrected chi connectivity index (χ4v) is 4.32. The Hall–Kier alpha value is -1.90. The second-order valence-electron chi connectivity index (χ2n) is 5.80. The van der Waals surface area contributed by atoms with Crippen LogP contribution in [0.5, 0.6) is 17.2 Å². The lowest BCUT2D eigenvalue weighted by atomic mass is 10.2. The molecule has 1 fully saturated rings. The van der Waals surface area contributed by atoms with Crippen LogP contribution < -0.4 is 19.5 Å². The molecule has 6 nitrogen and oxygen atoms in total. The molecule has 0 radical (unpaired) electrons. The van der Waals surface area contributed by atoms with Gasteiger partial charge in [-0.15, -0.1) is 11.8 Å². The van der Waals surface area contributed by atoms with E-state index in [4.69, 9.17) is 14.2 Å². The molecule has 144 valence electrons. The smallest absolute Gasteiger partial charge is 0.321 e. The molecule has 2 aromatic rings. The fourth-order valence-electron chi connectivity index (χ4n) is 2.69. The van der Waals surface area contributed by atoms with Crippen LogP contribution in [0.15, 0.2) is 46.9 Å². The zero-order chi connectivity index (χ0) is 19.2. The molecule has 3 rings (SSSR count). The molecule has 0 bridgehead atoms. The number of halogens is 1. The molecular weight excluding hydrogens is 434 g/mol. The van der Waals surface area contributed by atoms with E-state index in [1.165, 1.54) is 0 Å². The standard InChI is InChI=1S/C19H20BrNO5S/c1-24-16-4-2-3-5-17(16)26-9-8-25-15-7-6-12(20)10-13(15)18-21-14(11-27-18)19(22)23/h2-7,10,14,18,21H,8-9,11H2,1H3,(H,22,23). The summed E-state index contributed by atoms with van der Waals surface area (Å²) in [5.41, 5.74) is 0.912. The molecule has 0 amide bonds. The van der Waals surface area contributed by atoms with Crippen molar-refractivity contribution in [3.8, 4) is 17.2 Å². The lowest BCUT2D eigenvalue weighted by molar-refractivity contribution is -0.138. The summed E-state index contributed by atoms with van der Waals surface area (Å²) in [6.45, 7) is 0.714. The van der Waals surface area contributed by atoms with Crippen molar-refractivity contribution in [1.29, 1.82) is 0 Å². The van der Waals surface area contributed by atoms with Crippen LogP contribution >= 0.6 is 27.7 Å². The van der Waals surface area contributed by atoms with Gasteiger partial charge in [0.1, 0.15) is 25.0 Å². The number of benzene rings is 2. The van der Waals surface area contributed by atoms with E-state index in [1.54, 1.807) is 18.9 Å². The third-order valence-electron chi connectivity index (χ3n) is 4.00. The summed E-state index contributed by atoms with van der Waals surface area (Å²) >= 11 is 5.02. The number of para-hydroxylation sites is 2. The minimum Gasteiger partial charge on any atom is -0.493 e. The van der Waals surface area contributed by atoms with Crippen LogP contribution in [0.4, 0.5) is 0 Å². The Bertz CT molecular complexity index is 803.